The zero-order valence-electron chi connectivity index (χ0n) is 10.0. The standard InChI is InChI=1S/C12H14Cl2N2OS/c1-6(2)10(11(15)18)16-12(17)7-3-4-8(13)9(14)5-7/h3-6,10H,1-2H3,(H2,15,18)(H,16,17). The second kappa shape index (κ2) is 6.36. The molecular weight excluding hydrogens is 291 g/mol. The summed E-state index contributed by atoms with van der Waals surface area (Å²) in [4.78, 5) is 12.3. The lowest BCUT2D eigenvalue weighted by molar-refractivity contribution is 0.0940. The van der Waals surface area contributed by atoms with Crippen molar-refractivity contribution >= 4 is 46.3 Å². The summed E-state index contributed by atoms with van der Waals surface area (Å²) >= 11 is 16.6. The molecule has 3 nitrogen and oxygen atoms in total. The summed E-state index contributed by atoms with van der Waals surface area (Å²) in [5.74, 6) is -0.158. The van der Waals surface area contributed by atoms with Crippen molar-refractivity contribution in [2.24, 2.45) is 11.7 Å². The van der Waals surface area contributed by atoms with Crippen LogP contribution in [0, 0.1) is 5.92 Å². The number of benzene rings is 1. The number of rotatable bonds is 4. The van der Waals surface area contributed by atoms with Gasteiger partial charge in [0, 0.05) is 5.56 Å². The van der Waals surface area contributed by atoms with E-state index in [1.807, 2.05) is 13.8 Å². The highest BCUT2D eigenvalue weighted by Crippen LogP contribution is 2.22. The lowest BCUT2D eigenvalue weighted by Gasteiger charge is -2.21. The SMILES string of the molecule is CC(C)C(NC(=O)c1ccc(Cl)c(Cl)c1)C(N)=S. The zero-order chi connectivity index (χ0) is 13.9. The maximum atomic E-state index is 12.0. The summed E-state index contributed by atoms with van der Waals surface area (Å²) in [6, 6.07) is 4.34. The van der Waals surface area contributed by atoms with Gasteiger partial charge < -0.3 is 11.1 Å². The molecule has 0 aromatic heterocycles. The Morgan fingerprint density at radius 2 is 1.94 bits per heavy atom. The van der Waals surface area contributed by atoms with Crippen molar-refractivity contribution in [3.63, 3.8) is 0 Å². The van der Waals surface area contributed by atoms with Gasteiger partial charge in [0.2, 0.25) is 0 Å². The smallest absolute Gasteiger partial charge is 0.251 e. The summed E-state index contributed by atoms with van der Waals surface area (Å²) in [6.07, 6.45) is 0. The van der Waals surface area contributed by atoms with E-state index >= 15 is 0 Å². The fraction of sp³-hybridized carbons (Fsp3) is 0.333. The third kappa shape index (κ3) is 3.83. The van der Waals surface area contributed by atoms with Crippen LogP contribution in [0.5, 0.6) is 0 Å². The first kappa shape index (κ1) is 15.2. The molecule has 1 atom stereocenters. The molecule has 0 radical (unpaired) electrons. The third-order valence-corrected chi connectivity index (χ3v) is 3.43. The van der Waals surface area contributed by atoms with Crippen molar-refractivity contribution in [2.75, 3.05) is 0 Å². The lowest BCUT2D eigenvalue weighted by Crippen LogP contribution is -2.46. The van der Waals surface area contributed by atoms with E-state index in [-0.39, 0.29) is 22.9 Å². The molecule has 1 rings (SSSR count). The molecule has 0 aliphatic carbocycles. The van der Waals surface area contributed by atoms with Crippen LogP contribution in [0.2, 0.25) is 10.0 Å². The highest BCUT2D eigenvalue weighted by Gasteiger charge is 2.19. The van der Waals surface area contributed by atoms with Gasteiger partial charge in [0.1, 0.15) is 0 Å². The average molecular weight is 305 g/mol. The Labute approximate surface area is 122 Å². The highest BCUT2D eigenvalue weighted by atomic mass is 35.5. The second-order valence-corrected chi connectivity index (χ2v) is 5.51. The number of carbonyl (C=O) groups excluding carboxylic acids is 1. The quantitative estimate of drug-likeness (QED) is 0.841. The largest absolute Gasteiger partial charge is 0.392 e. The number of carbonyl (C=O) groups is 1. The summed E-state index contributed by atoms with van der Waals surface area (Å²) in [7, 11) is 0. The van der Waals surface area contributed by atoms with E-state index in [2.05, 4.69) is 5.32 Å². The summed E-state index contributed by atoms with van der Waals surface area (Å²) < 4.78 is 0. The Bertz CT molecular complexity index is 477. The van der Waals surface area contributed by atoms with Crippen LogP contribution in [-0.4, -0.2) is 16.9 Å². The molecule has 3 N–H and O–H groups in total. The highest BCUT2D eigenvalue weighted by molar-refractivity contribution is 7.80. The van der Waals surface area contributed by atoms with Crippen molar-refractivity contribution in [2.45, 2.75) is 19.9 Å². The van der Waals surface area contributed by atoms with Crippen molar-refractivity contribution in [3.8, 4) is 0 Å². The van der Waals surface area contributed by atoms with E-state index in [4.69, 9.17) is 41.2 Å². The van der Waals surface area contributed by atoms with Gasteiger partial charge in [-0.1, -0.05) is 49.3 Å². The van der Waals surface area contributed by atoms with Crippen LogP contribution in [0.3, 0.4) is 0 Å². The fourth-order valence-corrected chi connectivity index (χ4v) is 2.06. The maximum Gasteiger partial charge on any atom is 0.251 e. The molecular formula is C12H14Cl2N2OS. The molecule has 0 heterocycles. The van der Waals surface area contributed by atoms with Crippen LogP contribution < -0.4 is 11.1 Å². The zero-order valence-corrected chi connectivity index (χ0v) is 12.4. The van der Waals surface area contributed by atoms with Gasteiger partial charge in [0.25, 0.3) is 5.91 Å². The summed E-state index contributed by atoms with van der Waals surface area (Å²) in [6.45, 7) is 3.86. The fourth-order valence-electron chi connectivity index (χ4n) is 1.43. The van der Waals surface area contributed by atoms with Crippen LogP contribution in [0.25, 0.3) is 0 Å². The number of thiocarbonyl (C=S) groups is 1. The van der Waals surface area contributed by atoms with Crippen LogP contribution in [-0.2, 0) is 0 Å². The minimum absolute atomic E-state index is 0.120. The minimum atomic E-state index is -0.345. The molecule has 0 saturated heterocycles. The predicted octanol–water partition coefficient (Wildman–Crippen LogP) is 3.03. The molecule has 0 bridgehead atoms. The Morgan fingerprint density at radius 3 is 2.39 bits per heavy atom. The van der Waals surface area contributed by atoms with Crippen molar-refractivity contribution in [1.29, 1.82) is 0 Å². The average Bonchev–Trinajstić information content (AvgIpc) is 2.28. The molecule has 1 aromatic carbocycles. The van der Waals surface area contributed by atoms with Crippen molar-refractivity contribution in [1.82, 2.24) is 5.32 Å². The number of nitrogens with two attached hydrogens (primary N) is 1. The van der Waals surface area contributed by atoms with Gasteiger partial charge in [-0.15, -0.1) is 0 Å². The normalized spacial score (nSPS) is 12.3. The molecule has 0 aliphatic heterocycles. The Balaban J connectivity index is 2.87. The van der Waals surface area contributed by atoms with Crippen LogP contribution in [0.1, 0.15) is 24.2 Å². The molecule has 18 heavy (non-hydrogen) atoms. The number of hydrogen-bond donors (Lipinski definition) is 2. The number of amides is 1. The molecule has 0 fully saturated rings. The monoisotopic (exact) mass is 304 g/mol. The molecule has 0 aliphatic rings. The van der Waals surface area contributed by atoms with Crippen LogP contribution in [0.4, 0.5) is 0 Å². The Hall–Kier alpha value is -0.840. The second-order valence-electron chi connectivity index (χ2n) is 4.23. The minimum Gasteiger partial charge on any atom is -0.392 e. The Kier molecular flexibility index (Phi) is 5.38. The topological polar surface area (TPSA) is 55.1 Å². The van der Waals surface area contributed by atoms with Crippen molar-refractivity contribution in [3.05, 3.63) is 33.8 Å². The van der Waals surface area contributed by atoms with E-state index < -0.39 is 0 Å². The van der Waals surface area contributed by atoms with Gasteiger partial charge in [-0.3, -0.25) is 4.79 Å². The van der Waals surface area contributed by atoms with E-state index in [1.54, 1.807) is 12.1 Å². The van der Waals surface area contributed by atoms with Crippen LogP contribution >= 0.6 is 35.4 Å². The van der Waals surface area contributed by atoms with Gasteiger partial charge >= 0.3 is 0 Å². The van der Waals surface area contributed by atoms with Gasteiger partial charge in [-0.05, 0) is 24.1 Å². The van der Waals surface area contributed by atoms with E-state index in [0.29, 0.717) is 15.6 Å². The lowest BCUT2D eigenvalue weighted by atomic mass is 10.0. The molecule has 6 heteroatoms. The van der Waals surface area contributed by atoms with Gasteiger partial charge in [0.15, 0.2) is 0 Å². The first-order chi connectivity index (χ1) is 8.32. The number of halogens is 2. The molecule has 1 amide bonds. The summed E-state index contributed by atoms with van der Waals surface area (Å²) in [5, 5.41) is 3.51. The van der Waals surface area contributed by atoms with Crippen molar-refractivity contribution < 1.29 is 4.79 Å². The molecule has 1 unspecified atom stereocenters. The van der Waals surface area contributed by atoms with E-state index in [0.717, 1.165) is 0 Å². The molecule has 0 saturated carbocycles. The molecule has 0 spiro atoms. The number of nitrogens with one attached hydrogen (secondary N) is 1. The van der Waals surface area contributed by atoms with Gasteiger partial charge in [-0.2, -0.15) is 0 Å². The molecule has 98 valence electrons. The first-order valence-corrected chi connectivity index (χ1v) is 6.54. The predicted molar refractivity (Wildman–Crippen MR) is 79.3 cm³/mol. The van der Waals surface area contributed by atoms with Gasteiger partial charge in [0.05, 0.1) is 21.1 Å². The Morgan fingerprint density at radius 1 is 1.33 bits per heavy atom. The van der Waals surface area contributed by atoms with Gasteiger partial charge in [-0.25, -0.2) is 0 Å². The van der Waals surface area contributed by atoms with Crippen LogP contribution in [0.15, 0.2) is 18.2 Å². The van der Waals surface area contributed by atoms with E-state index in [1.165, 1.54) is 6.07 Å². The number of hydrogen-bond acceptors (Lipinski definition) is 2. The third-order valence-electron chi connectivity index (χ3n) is 2.44. The molecule has 1 aromatic rings. The first-order valence-electron chi connectivity index (χ1n) is 5.38. The van der Waals surface area contributed by atoms with E-state index in [9.17, 15) is 4.79 Å². The summed E-state index contributed by atoms with van der Waals surface area (Å²) in [5.41, 5.74) is 6.01. The maximum absolute atomic E-state index is 12.0.